The van der Waals surface area contributed by atoms with E-state index in [1.54, 1.807) is 0 Å². The molecule has 0 aliphatic carbocycles. The fourth-order valence-electron chi connectivity index (χ4n) is 7.95. The monoisotopic (exact) mass is 716 g/mol. The molecule has 0 radical (unpaired) electrons. The summed E-state index contributed by atoms with van der Waals surface area (Å²) in [5.41, 5.74) is 12.2. The van der Waals surface area contributed by atoms with Crippen LogP contribution < -0.4 is 0 Å². The number of hydrogen-bond acceptors (Lipinski definition) is 4. The second-order valence-electron chi connectivity index (χ2n) is 13.9. The number of nitrogens with zero attached hydrogens (tertiary/aromatic N) is 6. The highest BCUT2D eigenvalue weighted by Gasteiger charge is 2.22. The highest BCUT2D eigenvalue weighted by Crippen LogP contribution is 2.39. The molecule has 0 fully saturated rings. The Kier molecular flexibility index (Phi) is 7.38. The molecule has 0 atom stereocenters. The fourth-order valence-corrected chi connectivity index (χ4v) is 7.95. The SMILES string of the molecule is c1ccc(-c2cc(-c3ccccc3)cc(-n3c4ccccc4c4cc5c(nc43)c3ccccc3n5-c3nc(-c4ccccc4)nc(-c4ccccc4)n3)c2)cc1. The summed E-state index contributed by atoms with van der Waals surface area (Å²) in [5.74, 6) is 1.76. The number of pyridine rings is 1. The van der Waals surface area contributed by atoms with Crippen LogP contribution in [0.2, 0.25) is 0 Å². The van der Waals surface area contributed by atoms with Gasteiger partial charge in [0.15, 0.2) is 11.6 Å². The van der Waals surface area contributed by atoms with Gasteiger partial charge in [-0.1, -0.05) is 158 Å². The molecular weight excluding hydrogens is 685 g/mol. The van der Waals surface area contributed by atoms with Crippen LogP contribution >= 0.6 is 0 Å². The quantitative estimate of drug-likeness (QED) is 0.172. The van der Waals surface area contributed by atoms with Gasteiger partial charge in [-0.15, -0.1) is 0 Å². The summed E-state index contributed by atoms with van der Waals surface area (Å²) in [4.78, 5) is 20.9. The molecule has 6 heteroatoms. The van der Waals surface area contributed by atoms with Crippen molar-refractivity contribution in [1.82, 2.24) is 29.1 Å². The van der Waals surface area contributed by atoms with Crippen LogP contribution in [0.25, 0.3) is 101 Å². The van der Waals surface area contributed by atoms with Gasteiger partial charge in [0.25, 0.3) is 0 Å². The van der Waals surface area contributed by atoms with Crippen LogP contribution in [0.3, 0.4) is 0 Å². The lowest BCUT2D eigenvalue weighted by atomic mass is 9.98. The van der Waals surface area contributed by atoms with Crippen LogP contribution in [0, 0.1) is 0 Å². The topological polar surface area (TPSA) is 61.4 Å². The molecule has 4 aromatic heterocycles. The van der Waals surface area contributed by atoms with Gasteiger partial charge in [0.2, 0.25) is 5.95 Å². The average Bonchev–Trinajstić information content (AvgIpc) is 3.78. The molecule has 56 heavy (non-hydrogen) atoms. The minimum Gasteiger partial charge on any atom is -0.294 e. The predicted octanol–water partition coefficient (Wildman–Crippen LogP) is 12.1. The number of para-hydroxylation sites is 2. The molecule has 11 aromatic rings. The number of fused-ring (bicyclic) bond motifs is 6. The standard InChI is InChI=1S/C50H32N6/c1-5-17-33(18-6-1)37-29-38(34-19-7-2-8-20-34)31-39(30-37)55-43-27-15-13-25-40(43)42-32-45-46(51-49(42)55)41-26-14-16-28-44(41)56(45)50-53-47(35-21-9-3-10-22-35)52-48(54-50)36-23-11-4-12-24-36/h1-32H. The van der Waals surface area contributed by atoms with Gasteiger partial charge >= 0.3 is 0 Å². The molecule has 262 valence electrons. The second-order valence-corrected chi connectivity index (χ2v) is 13.9. The third-order valence-electron chi connectivity index (χ3n) is 10.5. The average molecular weight is 717 g/mol. The maximum atomic E-state index is 5.60. The molecule has 0 bridgehead atoms. The molecule has 0 N–H and O–H groups in total. The molecule has 11 rings (SSSR count). The smallest absolute Gasteiger partial charge is 0.238 e. The number of aromatic nitrogens is 6. The fraction of sp³-hybridized carbons (Fsp3) is 0. The van der Waals surface area contributed by atoms with E-state index in [0.29, 0.717) is 17.6 Å². The van der Waals surface area contributed by atoms with Crippen molar-refractivity contribution >= 4 is 43.9 Å². The lowest BCUT2D eigenvalue weighted by Gasteiger charge is -2.14. The van der Waals surface area contributed by atoms with Crippen LogP contribution in [-0.2, 0) is 0 Å². The third-order valence-corrected chi connectivity index (χ3v) is 10.5. The minimum absolute atomic E-state index is 0.539. The van der Waals surface area contributed by atoms with Crippen molar-refractivity contribution < 1.29 is 0 Å². The first kappa shape index (κ1) is 31.8. The number of benzene rings is 7. The van der Waals surface area contributed by atoms with E-state index in [9.17, 15) is 0 Å². The summed E-state index contributed by atoms with van der Waals surface area (Å²) in [6.45, 7) is 0. The van der Waals surface area contributed by atoms with Gasteiger partial charge in [-0.25, -0.2) is 9.97 Å². The Morgan fingerprint density at radius 3 is 1.32 bits per heavy atom. The maximum Gasteiger partial charge on any atom is 0.238 e. The molecule has 0 saturated carbocycles. The Labute approximate surface area is 322 Å². The van der Waals surface area contributed by atoms with Crippen LogP contribution in [0.15, 0.2) is 194 Å². The van der Waals surface area contributed by atoms with Gasteiger partial charge in [-0.2, -0.15) is 9.97 Å². The van der Waals surface area contributed by atoms with Crippen molar-refractivity contribution in [3.63, 3.8) is 0 Å². The first-order valence-electron chi connectivity index (χ1n) is 18.7. The molecular formula is C50H32N6. The van der Waals surface area contributed by atoms with Crippen LogP contribution in [-0.4, -0.2) is 29.1 Å². The molecule has 4 heterocycles. The van der Waals surface area contributed by atoms with E-state index < -0.39 is 0 Å². The second kappa shape index (κ2) is 13.0. The van der Waals surface area contributed by atoms with E-state index in [-0.39, 0.29) is 0 Å². The molecule has 7 aromatic carbocycles. The van der Waals surface area contributed by atoms with E-state index >= 15 is 0 Å². The summed E-state index contributed by atoms with van der Waals surface area (Å²) in [5, 5.41) is 3.18. The van der Waals surface area contributed by atoms with Gasteiger partial charge in [0, 0.05) is 33.0 Å². The van der Waals surface area contributed by atoms with E-state index in [1.165, 1.54) is 0 Å². The number of rotatable bonds is 6. The molecule has 0 aliphatic heterocycles. The third kappa shape index (κ3) is 5.27. The van der Waals surface area contributed by atoms with Gasteiger partial charge < -0.3 is 0 Å². The summed E-state index contributed by atoms with van der Waals surface area (Å²) in [7, 11) is 0. The Morgan fingerprint density at radius 1 is 0.304 bits per heavy atom. The Balaban J connectivity index is 1.21. The lowest BCUT2D eigenvalue weighted by Crippen LogP contribution is -2.06. The van der Waals surface area contributed by atoms with Gasteiger partial charge in [-0.3, -0.25) is 9.13 Å². The van der Waals surface area contributed by atoms with Gasteiger partial charge in [-0.05, 0) is 58.7 Å². The van der Waals surface area contributed by atoms with Crippen LogP contribution in [0.5, 0.6) is 0 Å². The lowest BCUT2D eigenvalue weighted by molar-refractivity contribution is 0.953. The van der Waals surface area contributed by atoms with E-state index in [2.05, 4.69) is 143 Å². The zero-order chi connectivity index (χ0) is 37.0. The highest BCUT2D eigenvalue weighted by atomic mass is 15.2. The summed E-state index contributed by atoms with van der Waals surface area (Å²) < 4.78 is 4.46. The van der Waals surface area contributed by atoms with E-state index in [4.69, 9.17) is 19.9 Å². The van der Waals surface area contributed by atoms with E-state index in [1.807, 2.05) is 60.7 Å². The van der Waals surface area contributed by atoms with E-state index in [0.717, 1.165) is 82.9 Å². The Morgan fingerprint density at radius 2 is 0.768 bits per heavy atom. The number of hydrogen-bond donors (Lipinski definition) is 0. The largest absolute Gasteiger partial charge is 0.294 e. The Hall–Kier alpha value is -7.70. The first-order chi connectivity index (χ1) is 27.8. The van der Waals surface area contributed by atoms with Gasteiger partial charge in [0.1, 0.15) is 5.65 Å². The van der Waals surface area contributed by atoms with Crippen molar-refractivity contribution in [3.8, 4) is 56.7 Å². The van der Waals surface area contributed by atoms with Crippen molar-refractivity contribution in [2.75, 3.05) is 0 Å². The zero-order valence-corrected chi connectivity index (χ0v) is 30.2. The van der Waals surface area contributed by atoms with Gasteiger partial charge in [0.05, 0.1) is 22.1 Å². The van der Waals surface area contributed by atoms with Crippen LogP contribution in [0.4, 0.5) is 0 Å². The summed E-state index contributed by atoms with van der Waals surface area (Å²) in [6, 6.07) is 67.5. The highest BCUT2D eigenvalue weighted by molar-refractivity contribution is 6.15. The summed E-state index contributed by atoms with van der Waals surface area (Å²) in [6.07, 6.45) is 0. The summed E-state index contributed by atoms with van der Waals surface area (Å²) >= 11 is 0. The molecule has 6 nitrogen and oxygen atoms in total. The normalized spacial score (nSPS) is 11.6. The molecule has 0 spiro atoms. The molecule has 0 unspecified atom stereocenters. The molecule has 0 aliphatic rings. The molecule has 0 saturated heterocycles. The van der Waals surface area contributed by atoms with Crippen molar-refractivity contribution in [2.45, 2.75) is 0 Å². The molecule has 0 amide bonds. The zero-order valence-electron chi connectivity index (χ0n) is 30.2. The Bertz CT molecular complexity index is 2890. The predicted molar refractivity (Wildman–Crippen MR) is 228 cm³/mol. The minimum atomic E-state index is 0.539. The maximum absolute atomic E-state index is 5.60. The van der Waals surface area contributed by atoms with Crippen LogP contribution in [0.1, 0.15) is 0 Å². The van der Waals surface area contributed by atoms with Crippen molar-refractivity contribution in [1.29, 1.82) is 0 Å². The van der Waals surface area contributed by atoms with Crippen molar-refractivity contribution in [2.24, 2.45) is 0 Å². The first-order valence-corrected chi connectivity index (χ1v) is 18.7. The van der Waals surface area contributed by atoms with Crippen molar-refractivity contribution in [3.05, 3.63) is 194 Å².